The molecule has 1 amide bonds. The highest BCUT2D eigenvalue weighted by atomic mass is 16.5. The first-order valence-corrected chi connectivity index (χ1v) is 13.0. The molecule has 1 saturated carbocycles. The number of ether oxygens (including phenoxy) is 1. The Bertz CT molecular complexity index is 1150. The van der Waals surface area contributed by atoms with E-state index in [2.05, 4.69) is 65.8 Å². The average molecular weight is 460 g/mol. The average Bonchev–Trinajstić information content (AvgIpc) is 3.42. The maximum atomic E-state index is 12.9. The molecule has 5 rings (SSSR count). The Labute approximate surface area is 203 Å². The van der Waals surface area contributed by atoms with E-state index < -0.39 is 0 Å². The quantitative estimate of drug-likeness (QED) is 0.379. The standard InChI is InChI=1S/C29H37N3O2/c1-21-14-15-25(18-22(21)2)34-17-9-8-16-31-27-13-7-6-12-26(27)30-29(31)23-19-28(33)32(20-23)24-10-4-3-5-11-24/h6-7,12-15,18,23-24H,3-5,8-11,16-17,19-20H2,1-2H3. The maximum Gasteiger partial charge on any atom is 0.223 e. The minimum atomic E-state index is 0.189. The van der Waals surface area contributed by atoms with Crippen molar-refractivity contribution in [3.63, 3.8) is 0 Å². The molecule has 1 unspecified atom stereocenters. The minimum Gasteiger partial charge on any atom is -0.494 e. The zero-order valence-corrected chi connectivity index (χ0v) is 20.6. The van der Waals surface area contributed by atoms with Crippen LogP contribution in [0.1, 0.15) is 74.2 Å². The number of hydrogen-bond acceptors (Lipinski definition) is 3. The smallest absolute Gasteiger partial charge is 0.223 e. The van der Waals surface area contributed by atoms with E-state index in [9.17, 15) is 4.79 Å². The van der Waals surface area contributed by atoms with Gasteiger partial charge in [0.25, 0.3) is 0 Å². The van der Waals surface area contributed by atoms with Crippen LogP contribution in [0, 0.1) is 13.8 Å². The minimum absolute atomic E-state index is 0.189. The molecule has 1 saturated heterocycles. The van der Waals surface area contributed by atoms with E-state index in [1.165, 1.54) is 35.9 Å². The molecule has 0 bridgehead atoms. The highest BCUT2D eigenvalue weighted by molar-refractivity contribution is 5.81. The number of likely N-dealkylation sites (tertiary alicyclic amines) is 1. The molecule has 1 aliphatic carbocycles. The molecule has 2 fully saturated rings. The maximum absolute atomic E-state index is 12.9. The lowest BCUT2D eigenvalue weighted by Gasteiger charge is -2.31. The number of fused-ring (bicyclic) bond motifs is 1. The monoisotopic (exact) mass is 459 g/mol. The van der Waals surface area contributed by atoms with Gasteiger partial charge < -0.3 is 14.2 Å². The molecule has 0 N–H and O–H groups in total. The summed E-state index contributed by atoms with van der Waals surface area (Å²) in [5.41, 5.74) is 4.77. The van der Waals surface area contributed by atoms with Crippen LogP contribution in [0.5, 0.6) is 5.75 Å². The Morgan fingerprint density at radius 2 is 1.82 bits per heavy atom. The molecule has 1 aromatic heterocycles. The van der Waals surface area contributed by atoms with Gasteiger partial charge in [-0.1, -0.05) is 37.5 Å². The van der Waals surface area contributed by atoms with Crippen LogP contribution in [0.15, 0.2) is 42.5 Å². The molecule has 2 aromatic carbocycles. The number of hydrogen-bond donors (Lipinski definition) is 0. The van der Waals surface area contributed by atoms with Crippen LogP contribution in [-0.4, -0.2) is 39.6 Å². The normalized spacial score (nSPS) is 19.3. The van der Waals surface area contributed by atoms with Crippen LogP contribution in [0.2, 0.25) is 0 Å². The number of carbonyl (C=O) groups excluding carboxylic acids is 1. The van der Waals surface area contributed by atoms with Crippen molar-refractivity contribution in [1.82, 2.24) is 14.5 Å². The van der Waals surface area contributed by atoms with Gasteiger partial charge in [-0.05, 0) is 74.9 Å². The van der Waals surface area contributed by atoms with Crippen molar-refractivity contribution in [1.29, 1.82) is 0 Å². The molecule has 0 radical (unpaired) electrons. The summed E-state index contributed by atoms with van der Waals surface area (Å²) in [5.74, 6) is 2.54. The molecule has 1 aliphatic heterocycles. The van der Waals surface area contributed by atoms with Crippen LogP contribution in [0.25, 0.3) is 11.0 Å². The number of nitrogens with zero attached hydrogens (tertiary/aromatic N) is 3. The summed E-state index contributed by atoms with van der Waals surface area (Å²) in [6.45, 7) is 6.68. The summed E-state index contributed by atoms with van der Waals surface area (Å²) in [4.78, 5) is 20.1. The number of aromatic nitrogens is 2. The highest BCUT2D eigenvalue weighted by Crippen LogP contribution is 2.34. The van der Waals surface area contributed by atoms with E-state index in [4.69, 9.17) is 9.72 Å². The van der Waals surface area contributed by atoms with Crippen molar-refractivity contribution in [2.75, 3.05) is 13.2 Å². The second kappa shape index (κ2) is 10.2. The molecule has 1 atom stereocenters. The molecule has 34 heavy (non-hydrogen) atoms. The Morgan fingerprint density at radius 1 is 1.00 bits per heavy atom. The Hall–Kier alpha value is -2.82. The fourth-order valence-electron chi connectivity index (χ4n) is 5.66. The van der Waals surface area contributed by atoms with Crippen LogP contribution >= 0.6 is 0 Å². The number of rotatable bonds is 8. The largest absolute Gasteiger partial charge is 0.494 e. The number of benzene rings is 2. The van der Waals surface area contributed by atoms with Crippen LogP contribution in [0.4, 0.5) is 0 Å². The van der Waals surface area contributed by atoms with Gasteiger partial charge >= 0.3 is 0 Å². The van der Waals surface area contributed by atoms with E-state index in [0.29, 0.717) is 25.0 Å². The number of carbonyl (C=O) groups is 1. The molecular weight excluding hydrogens is 422 g/mol. The Kier molecular flexibility index (Phi) is 6.89. The molecule has 2 aliphatic rings. The summed E-state index contributed by atoms with van der Waals surface area (Å²) in [5, 5.41) is 0. The van der Waals surface area contributed by atoms with Gasteiger partial charge in [-0.2, -0.15) is 0 Å². The predicted octanol–water partition coefficient (Wildman–Crippen LogP) is 6.16. The first-order valence-electron chi connectivity index (χ1n) is 13.0. The van der Waals surface area contributed by atoms with Gasteiger partial charge in [-0.25, -0.2) is 4.98 Å². The van der Waals surface area contributed by atoms with Crippen molar-refractivity contribution in [2.24, 2.45) is 0 Å². The van der Waals surface area contributed by atoms with Crippen LogP contribution < -0.4 is 4.74 Å². The third kappa shape index (κ3) is 4.84. The van der Waals surface area contributed by atoms with Crippen LogP contribution in [0.3, 0.4) is 0 Å². The first-order chi connectivity index (χ1) is 16.6. The number of aryl methyl sites for hydroxylation is 3. The third-order valence-electron chi connectivity index (χ3n) is 7.75. The lowest BCUT2D eigenvalue weighted by Crippen LogP contribution is -2.37. The van der Waals surface area contributed by atoms with Gasteiger partial charge in [0.1, 0.15) is 11.6 Å². The lowest BCUT2D eigenvalue weighted by atomic mass is 9.94. The summed E-state index contributed by atoms with van der Waals surface area (Å²) in [6.07, 6.45) is 8.73. The molecule has 3 aromatic rings. The van der Waals surface area contributed by atoms with Crippen molar-refractivity contribution in [3.8, 4) is 5.75 Å². The predicted molar refractivity (Wildman–Crippen MR) is 136 cm³/mol. The van der Waals surface area contributed by atoms with Crippen molar-refractivity contribution < 1.29 is 9.53 Å². The Morgan fingerprint density at radius 3 is 2.65 bits per heavy atom. The van der Waals surface area contributed by atoms with Gasteiger partial charge in [0.15, 0.2) is 0 Å². The SMILES string of the molecule is Cc1ccc(OCCCCn2c(C3CC(=O)N(C4CCCCC4)C3)nc3ccccc32)cc1C. The molecule has 180 valence electrons. The lowest BCUT2D eigenvalue weighted by molar-refractivity contribution is -0.130. The number of amides is 1. The third-order valence-corrected chi connectivity index (χ3v) is 7.75. The molecule has 5 nitrogen and oxygen atoms in total. The van der Waals surface area contributed by atoms with E-state index in [-0.39, 0.29) is 5.92 Å². The van der Waals surface area contributed by atoms with Crippen molar-refractivity contribution in [3.05, 3.63) is 59.4 Å². The van der Waals surface area contributed by atoms with Gasteiger partial charge in [0.05, 0.1) is 17.6 Å². The first kappa shape index (κ1) is 22.9. The van der Waals surface area contributed by atoms with Crippen molar-refractivity contribution in [2.45, 2.75) is 83.7 Å². The van der Waals surface area contributed by atoms with Gasteiger partial charge in [-0.15, -0.1) is 0 Å². The molecular formula is C29H37N3O2. The zero-order chi connectivity index (χ0) is 23.5. The second-order valence-electron chi connectivity index (χ2n) is 10.2. The van der Waals surface area contributed by atoms with E-state index in [1.54, 1.807) is 0 Å². The highest BCUT2D eigenvalue weighted by Gasteiger charge is 2.37. The van der Waals surface area contributed by atoms with Gasteiger partial charge in [0, 0.05) is 31.5 Å². The molecule has 2 heterocycles. The summed E-state index contributed by atoms with van der Waals surface area (Å²) in [7, 11) is 0. The fourth-order valence-corrected chi connectivity index (χ4v) is 5.66. The number of unbranched alkanes of at least 4 members (excludes halogenated alkanes) is 1. The van der Waals surface area contributed by atoms with E-state index in [0.717, 1.165) is 55.9 Å². The molecule has 5 heteroatoms. The topological polar surface area (TPSA) is 47.4 Å². The summed E-state index contributed by atoms with van der Waals surface area (Å²) in [6, 6.07) is 15.1. The van der Waals surface area contributed by atoms with Crippen LogP contribution in [-0.2, 0) is 11.3 Å². The summed E-state index contributed by atoms with van der Waals surface area (Å²) >= 11 is 0. The molecule has 0 spiro atoms. The van der Waals surface area contributed by atoms with Gasteiger partial charge in [-0.3, -0.25) is 4.79 Å². The van der Waals surface area contributed by atoms with E-state index >= 15 is 0 Å². The Balaban J connectivity index is 1.25. The number of imidazole rings is 1. The fraction of sp³-hybridized carbons (Fsp3) is 0.517. The zero-order valence-electron chi connectivity index (χ0n) is 20.6. The second-order valence-corrected chi connectivity index (χ2v) is 10.2. The van der Waals surface area contributed by atoms with Crippen molar-refractivity contribution >= 4 is 16.9 Å². The van der Waals surface area contributed by atoms with E-state index in [1.807, 2.05) is 0 Å². The van der Waals surface area contributed by atoms with Gasteiger partial charge in [0.2, 0.25) is 5.91 Å². The summed E-state index contributed by atoms with van der Waals surface area (Å²) < 4.78 is 8.37. The number of para-hydroxylation sites is 2.